The van der Waals surface area contributed by atoms with E-state index in [1.807, 2.05) is 17.6 Å². The van der Waals surface area contributed by atoms with Crippen molar-refractivity contribution < 1.29 is 9.53 Å². The van der Waals surface area contributed by atoms with E-state index in [0.717, 1.165) is 15.0 Å². The number of methoxy groups -OCH3 is 1. The maximum atomic E-state index is 11.2. The van der Waals surface area contributed by atoms with Crippen LogP contribution in [-0.2, 0) is 14.9 Å². The van der Waals surface area contributed by atoms with Crippen molar-refractivity contribution in [2.45, 2.75) is 49.1 Å². The number of esters is 1. The van der Waals surface area contributed by atoms with Crippen molar-refractivity contribution in [1.82, 2.24) is 14.6 Å². The van der Waals surface area contributed by atoms with Crippen molar-refractivity contribution in [3.8, 4) is 0 Å². The molecule has 0 fully saturated rings. The highest BCUT2D eigenvalue weighted by Crippen LogP contribution is 2.31. The van der Waals surface area contributed by atoms with E-state index >= 15 is 0 Å². The molecular formula is C13H19N3O2S2. The Morgan fingerprint density at radius 3 is 2.80 bits per heavy atom. The molecule has 5 nitrogen and oxygen atoms in total. The van der Waals surface area contributed by atoms with Gasteiger partial charge in [0.25, 0.3) is 0 Å². The van der Waals surface area contributed by atoms with Gasteiger partial charge >= 0.3 is 5.97 Å². The third-order valence-corrected chi connectivity index (χ3v) is 4.89. The zero-order valence-electron chi connectivity index (χ0n) is 12.3. The monoisotopic (exact) mass is 313 g/mol. The minimum atomic E-state index is -0.193. The van der Waals surface area contributed by atoms with Crippen LogP contribution >= 0.6 is 23.1 Å². The smallest absolute Gasteiger partial charge is 0.306 e. The number of carbonyl (C=O) groups excluding carboxylic acids is 1. The summed E-state index contributed by atoms with van der Waals surface area (Å²) < 4.78 is 7.41. The SMILES string of the molecule is COC(=O)CC(C)Sc1nn2cc(C(C)(C)C)nc2s1. The summed E-state index contributed by atoms with van der Waals surface area (Å²) in [5, 5.41) is 4.64. The summed E-state index contributed by atoms with van der Waals surface area (Å²) in [6, 6.07) is 0. The van der Waals surface area contributed by atoms with Crippen LogP contribution < -0.4 is 0 Å². The van der Waals surface area contributed by atoms with Crippen LogP contribution in [0.15, 0.2) is 10.5 Å². The van der Waals surface area contributed by atoms with E-state index in [4.69, 9.17) is 0 Å². The van der Waals surface area contributed by atoms with Crippen LogP contribution in [0.5, 0.6) is 0 Å². The summed E-state index contributed by atoms with van der Waals surface area (Å²) in [5.41, 5.74) is 1.06. The van der Waals surface area contributed by atoms with E-state index in [9.17, 15) is 4.79 Å². The van der Waals surface area contributed by atoms with E-state index in [1.165, 1.54) is 7.11 Å². The second-order valence-corrected chi connectivity index (χ2v) is 8.32. The van der Waals surface area contributed by atoms with Crippen LogP contribution in [-0.4, -0.2) is 32.9 Å². The summed E-state index contributed by atoms with van der Waals surface area (Å²) in [6.45, 7) is 8.39. The molecule has 110 valence electrons. The largest absolute Gasteiger partial charge is 0.469 e. The molecule has 1 unspecified atom stereocenters. The molecule has 2 aromatic heterocycles. The number of fused-ring (bicyclic) bond motifs is 1. The van der Waals surface area contributed by atoms with Gasteiger partial charge in [-0.25, -0.2) is 9.50 Å². The molecule has 0 aromatic carbocycles. The first-order valence-corrected chi connectivity index (χ1v) is 8.09. The molecule has 2 aromatic rings. The van der Waals surface area contributed by atoms with Gasteiger partial charge in [-0.1, -0.05) is 50.8 Å². The number of hydrogen-bond donors (Lipinski definition) is 0. The number of rotatable bonds is 4. The minimum absolute atomic E-state index is 0.0267. The van der Waals surface area contributed by atoms with Gasteiger partial charge in [0.1, 0.15) is 0 Å². The summed E-state index contributed by atoms with van der Waals surface area (Å²) in [4.78, 5) is 16.7. The molecule has 0 spiro atoms. The van der Waals surface area contributed by atoms with Crippen LogP contribution in [0.25, 0.3) is 4.96 Å². The molecule has 0 saturated heterocycles. The molecule has 0 N–H and O–H groups in total. The summed E-state index contributed by atoms with van der Waals surface area (Å²) >= 11 is 3.13. The lowest BCUT2D eigenvalue weighted by Gasteiger charge is -2.13. The quantitative estimate of drug-likeness (QED) is 0.641. The first-order chi connectivity index (χ1) is 9.29. The Hall–Kier alpha value is -1.08. The summed E-state index contributed by atoms with van der Waals surface area (Å²) in [6.07, 6.45) is 2.36. The van der Waals surface area contributed by atoms with E-state index in [1.54, 1.807) is 23.1 Å². The minimum Gasteiger partial charge on any atom is -0.469 e. The van der Waals surface area contributed by atoms with Crippen molar-refractivity contribution in [3.63, 3.8) is 0 Å². The normalized spacial score (nSPS) is 13.7. The van der Waals surface area contributed by atoms with Gasteiger partial charge in [0.05, 0.1) is 25.4 Å². The second kappa shape index (κ2) is 5.73. The average molecular weight is 313 g/mol. The molecule has 0 amide bonds. The van der Waals surface area contributed by atoms with Crippen molar-refractivity contribution in [1.29, 1.82) is 0 Å². The fourth-order valence-corrected chi connectivity index (χ4v) is 3.85. The second-order valence-electron chi connectivity index (χ2n) is 5.68. The molecule has 0 bridgehead atoms. The van der Waals surface area contributed by atoms with Gasteiger partial charge in [-0.2, -0.15) is 0 Å². The van der Waals surface area contributed by atoms with Crippen molar-refractivity contribution in [3.05, 3.63) is 11.9 Å². The Labute approximate surface area is 126 Å². The number of thioether (sulfide) groups is 1. The predicted molar refractivity (Wildman–Crippen MR) is 81.5 cm³/mol. The lowest BCUT2D eigenvalue weighted by molar-refractivity contribution is -0.140. The Balaban J connectivity index is 2.09. The van der Waals surface area contributed by atoms with Gasteiger partial charge in [-0.3, -0.25) is 4.79 Å². The number of imidazole rings is 1. The topological polar surface area (TPSA) is 56.5 Å². The Morgan fingerprint density at radius 2 is 2.25 bits per heavy atom. The molecule has 7 heteroatoms. The molecule has 0 aliphatic carbocycles. The fourth-order valence-electron chi connectivity index (χ4n) is 1.62. The van der Waals surface area contributed by atoms with Crippen LogP contribution in [0.3, 0.4) is 0 Å². The van der Waals surface area contributed by atoms with Crippen LogP contribution in [0.2, 0.25) is 0 Å². The number of aromatic nitrogens is 3. The van der Waals surface area contributed by atoms with E-state index < -0.39 is 0 Å². The molecule has 20 heavy (non-hydrogen) atoms. The maximum Gasteiger partial charge on any atom is 0.306 e. The molecule has 2 rings (SSSR count). The van der Waals surface area contributed by atoms with Gasteiger partial charge in [0, 0.05) is 10.7 Å². The van der Waals surface area contributed by atoms with Crippen LogP contribution in [0, 0.1) is 0 Å². The standard InChI is InChI=1S/C13H19N3O2S2/c1-8(6-10(17)18-5)19-12-15-16-7-9(13(2,3)4)14-11(16)20-12/h7-8H,6H2,1-5H3. The predicted octanol–water partition coefficient (Wildman–Crippen LogP) is 3.13. The van der Waals surface area contributed by atoms with Gasteiger partial charge < -0.3 is 4.74 Å². The molecule has 0 aliphatic rings. The molecule has 0 saturated carbocycles. The van der Waals surface area contributed by atoms with Crippen molar-refractivity contribution in [2.24, 2.45) is 0 Å². The van der Waals surface area contributed by atoms with Crippen LogP contribution in [0.4, 0.5) is 0 Å². The summed E-state index contributed by atoms with van der Waals surface area (Å²) in [7, 11) is 1.41. The number of carbonyl (C=O) groups is 1. The molecule has 0 radical (unpaired) electrons. The lowest BCUT2D eigenvalue weighted by Crippen LogP contribution is -2.11. The van der Waals surface area contributed by atoms with Gasteiger partial charge in [-0.15, -0.1) is 5.10 Å². The third-order valence-electron chi connectivity index (χ3n) is 2.78. The van der Waals surface area contributed by atoms with Crippen molar-refractivity contribution >= 4 is 34.0 Å². The van der Waals surface area contributed by atoms with Gasteiger partial charge in [0.2, 0.25) is 4.96 Å². The highest BCUT2D eigenvalue weighted by molar-refractivity contribution is 8.01. The third kappa shape index (κ3) is 3.52. The maximum absolute atomic E-state index is 11.2. The first-order valence-electron chi connectivity index (χ1n) is 6.40. The number of hydrogen-bond acceptors (Lipinski definition) is 6. The van der Waals surface area contributed by atoms with E-state index in [0.29, 0.717) is 6.42 Å². The fraction of sp³-hybridized carbons (Fsp3) is 0.615. The molecule has 2 heterocycles. The average Bonchev–Trinajstić information content (AvgIpc) is 2.85. The van der Waals surface area contributed by atoms with Crippen LogP contribution in [0.1, 0.15) is 39.8 Å². The summed E-state index contributed by atoms with van der Waals surface area (Å²) in [5.74, 6) is -0.193. The molecule has 1 atom stereocenters. The molecular weight excluding hydrogens is 294 g/mol. The van der Waals surface area contributed by atoms with E-state index in [2.05, 4.69) is 35.6 Å². The highest BCUT2D eigenvalue weighted by Gasteiger charge is 2.20. The lowest BCUT2D eigenvalue weighted by atomic mass is 9.93. The zero-order chi connectivity index (χ0) is 14.9. The van der Waals surface area contributed by atoms with Gasteiger partial charge in [0.15, 0.2) is 4.34 Å². The zero-order valence-corrected chi connectivity index (χ0v) is 14.0. The molecule has 0 aliphatic heterocycles. The first kappa shape index (κ1) is 15.3. The van der Waals surface area contributed by atoms with Gasteiger partial charge in [-0.05, 0) is 0 Å². The highest BCUT2D eigenvalue weighted by atomic mass is 32.2. The Kier molecular flexibility index (Phi) is 4.39. The van der Waals surface area contributed by atoms with E-state index in [-0.39, 0.29) is 16.6 Å². The number of ether oxygens (including phenoxy) is 1. The van der Waals surface area contributed by atoms with Crippen molar-refractivity contribution in [2.75, 3.05) is 7.11 Å². The number of nitrogens with zero attached hydrogens (tertiary/aromatic N) is 3. The Morgan fingerprint density at radius 1 is 1.55 bits per heavy atom. The Bertz CT molecular complexity index is 581.